The Morgan fingerprint density at radius 1 is 1.33 bits per heavy atom. The quantitative estimate of drug-likeness (QED) is 0.898. The zero-order valence-corrected chi connectivity index (χ0v) is 12.5. The summed E-state index contributed by atoms with van der Waals surface area (Å²) in [4.78, 5) is 15.5. The molecule has 1 N–H and O–H groups in total. The molecule has 1 aliphatic rings. The summed E-state index contributed by atoms with van der Waals surface area (Å²) in [6.45, 7) is 6.28. The third-order valence-electron chi connectivity index (χ3n) is 3.89. The smallest absolute Gasteiger partial charge is 0.219 e. The van der Waals surface area contributed by atoms with Crippen molar-refractivity contribution in [1.82, 2.24) is 4.90 Å². The number of rotatable bonds is 2. The Balaban J connectivity index is 2.28. The molecule has 0 spiro atoms. The monoisotopic (exact) mass is 287 g/mol. The molecule has 0 aliphatic carbocycles. The SMILES string of the molecule is CC(=O)N1CCCN(c2cc(C#N)ccc2C(C)O)CC1. The molecule has 21 heavy (non-hydrogen) atoms. The van der Waals surface area contributed by atoms with E-state index < -0.39 is 6.10 Å². The summed E-state index contributed by atoms with van der Waals surface area (Å²) in [6, 6.07) is 7.51. The molecule has 2 rings (SSSR count). The second-order valence-electron chi connectivity index (χ2n) is 5.41. The van der Waals surface area contributed by atoms with Gasteiger partial charge in [-0.3, -0.25) is 4.79 Å². The number of amides is 1. The van der Waals surface area contributed by atoms with Crippen LogP contribution >= 0.6 is 0 Å². The van der Waals surface area contributed by atoms with Crippen LogP contribution in [0.25, 0.3) is 0 Å². The molecule has 112 valence electrons. The first kappa shape index (κ1) is 15.3. The van der Waals surface area contributed by atoms with Gasteiger partial charge in [0.15, 0.2) is 0 Å². The van der Waals surface area contributed by atoms with Crippen LogP contribution in [0.2, 0.25) is 0 Å². The number of aliphatic hydroxyl groups is 1. The summed E-state index contributed by atoms with van der Waals surface area (Å²) in [5.74, 6) is 0.0957. The van der Waals surface area contributed by atoms with Gasteiger partial charge < -0.3 is 14.9 Å². The standard InChI is InChI=1S/C16H21N3O2/c1-12(20)15-5-4-14(11-17)10-16(15)19-7-3-6-18(8-9-19)13(2)21/h4-5,10,12,20H,3,6-9H2,1-2H3. The zero-order chi connectivity index (χ0) is 15.4. The van der Waals surface area contributed by atoms with Gasteiger partial charge >= 0.3 is 0 Å². The molecular weight excluding hydrogens is 266 g/mol. The van der Waals surface area contributed by atoms with Crippen molar-refractivity contribution in [2.24, 2.45) is 0 Å². The van der Waals surface area contributed by atoms with E-state index in [0.717, 1.165) is 30.8 Å². The van der Waals surface area contributed by atoms with Crippen molar-refractivity contribution in [1.29, 1.82) is 5.26 Å². The summed E-state index contributed by atoms with van der Waals surface area (Å²) in [6.07, 6.45) is 0.301. The lowest BCUT2D eigenvalue weighted by Crippen LogP contribution is -2.34. The molecule has 1 fully saturated rings. The maximum Gasteiger partial charge on any atom is 0.219 e. The number of nitrogens with zero attached hydrogens (tertiary/aromatic N) is 3. The first-order valence-corrected chi connectivity index (χ1v) is 7.25. The summed E-state index contributed by atoms with van der Waals surface area (Å²) < 4.78 is 0. The van der Waals surface area contributed by atoms with Crippen LogP contribution in [-0.4, -0.2) is 42.1 Å². The molecule has 5 heteroatoms. The Kier molecular flexibility index (Phi) is 4.81. The normalized spacial score (nSPS) is 17.0. The fourth-order valence-corrected chi connectivity index (χ4v) is 2.71. The highest BCUT2D eigenvalue weighted by atomic mass is 16.3. The summed E-state index contributed by atoms with van der Waals surface area (Å²) in [7, 11) is 0. The minimum Gasteiger partial charge on any atom is -0.389 e. The van der Waals surface area contributed by atoms with Gasteiger partial charge in [-0.15, -0.1) is 0 Å². The van der Waals surface area contributed by atoms with Crippen molar-refractivity contribution in [2.75, 3.05) is 31.1 Å². The Hall–Kier alpha value is -2.06. The molecule has 1 aromatic carbocycles. The highest BCUT2D eigenvalue weighted by Crippen LogP contribution is 2.28. The molecular formula is C16H21N3O2. The molecule has 1 amide bonds. The van der Waals surface area contributed by atoms with Gasteiger partial charge in [0.2, 0.25) is 5.91 Å². The third kappa shape index (κ3) is 3.53. The van der Waals surface area contributed by atoms with Gasteiger partial charge in [-0.1, -0.05) is 6.07 Å². The molecule has 1 unspecified atom stereocenters. The molecule has 1 saturated heterocycles. The van der Waals surface area contributed by atoms with Crippen molar-refractivity contribution in [2.45, 2.75) is 26.4 Å². The number of aliphatic hydroxyl groups excluding tert-OH is 1. The van der Waals surface area contributed by atoms with Crippen molar-refractivity contribution in [3.05, 3.63) is 29.3 Å². The fraction of sp³-hybridized carbons (Fsp3) is 0.500. The molecule has 1 aromatic rings. The molecule has 0 radical (unpaired) electrons. The second kappa shape index (κ2) is 6.59. The molecule has 5 nitrogen and oxygen atoms in total. The van der Waals surface area contributed by atoms with E-state index in [1.807, 2.05) is 17.0 Å². The van der Waals surface area contributed by atoms with E-state index in [1.54, 1.807) is 19.9 Å². The first-order chi connectivity index (χ1) is 10.0. The molecule has 1 heterocycles. The van der Waals surface area contributed by atoms with E-state index in [4.69, 9.17) is 5.26 Å². The second-order valence-corrected chi connectivity index (χ2v) is 5.41. The van der Waals surface area contributed by atoms with Crippen molar-refractivity contribution in [3.8, 4) is 6.07 Å². The van der Waals surface area contributed by atoms with Crippen molar-refractivity contribution >= 4 is 11.6 Å². The molecule has 0 saturated carbocycles. The van der Waals surface area contributed by atoms with Crippen LogP contribution in [0.3, 0.4) is 0 Å². The highest BCUT2D eigenvalue weighted by Gasteiger charge is 2.20. The van der Waals surface area contributed by atoms with E-state index in [0.29, 0.717) is 18.7 Å². The molecule has 1 atom stereocenters. The van der Waals surface area contributed by atoms with Crippen LogP contribution in [0, 0.1) is 11.3 Å². The van der Waals surface area contributed by atoms with E-state index in [1.165, 1.54) is 0 Å². The Bertz CT molecular complexity index is 563. The predicted molar refractivity (Wildman–Crippen MR) is 80.9 cm³/mol. The third-order valence-corrected chi connectivity index (χ3v) is 3.89. The van der Waals surface area contributed by atoms with Crippen LogP contribution in [0.4, 0.5) is 5.69 Å². The van der Waals surface area contributed by atoms with E-state index in [-0.39, 0.29) is 5.91 Å². The molecule has 1 aliphatic heterocycles. The van der Waals surface area contributed by atoms with E-state index >= 15 is 0 Å². The van der Waals surface area contributed by atoms with Gasteiger partial charge in [0.25, 0.3) is 0 Å². The number of carbonyl (C=O) groups is 1. The van der Waals surface area contributed by atoms with Gasteiger partial charge in [0, 0.05) is 44.4 Å². The van der Waals surface area contributed by atoms with Gasteiger partial charge in [-0.25, -0.2) is 0 Å². The average Bonchev–Trinajstić information content (AvgIpc) is 2.72. The van der Waals surface area contributed by atoms with Crippen LogP contribution in [0.1, 0.15) is 37.5 Å². The maximum atomic E-state index is 11.5. The minimum atomic E-state index is -0.583. The number of anilines is 1. The number of hydrogen-bond acceptors (Lipinski definition) is 4. The average molecular weight is 287 g/mol. The summed E-state index contributed by atoms with van der Waals surface area (Å²) in [5.41, 5.74) is 2.31. The fourth-order valence-electron chi connectivity index (χ4n) is 2.71. The van der Waals surface area contributed by atoms with Gasteiger partial charge in [0.05, 0.1) is 17.7 Å². The number of benzene rings is 1. The van der Waals surface area contributed by atoms with Gasteiger partial charge in [-0.2, -0.15) is 5.26 Å². The number of hydrogen-bond donors (Lipinski definition) is 1. The predicted octanol–water partition coefficient (Wildman–Crippen LogP) is 1.67. The Labute approximate surface area is 125 Å². The number of carbonyl (C=O) groups excluding carboxylic acids is 1. The lowest BCUT2D eigenvalue weighted by atomic mass is 10.0. The maximum absolute atomic E-state index is 11.5. The van der Waals surface area contributed by atoms with Crippen molar-refractivity contribution in [3.63, 3.8) is 0 Å². The zero-order valence-electron chi connectivity index (χ0n) is 12.5. The lowest BCUT2D eigenvalue weighted by molar-refractivity contribution is -0.128. The highest BCUT2D eigenvalue weighted by molar-refractivity contribution is 5.73. The summed E-state index contributed by atoms with van der Waals surface area (Å²) >= 11 is 0. The largest absolute Gasteiger partial charge is 0.389 e. The van der Waals surface area contributed by atoms with Crippen LogP contribution < -0.4 is 4.90 Å². The molecule has 0 bridgehead atoms. The van der Waals surface area contributed by atoms with Crippen LogP contribution in [0.5, 0.6) is 0 Å². The Morgan fingerprint density at radius 3 is 2.71 bits per heavy atom. The van der Waals surface area contributed by atoms with Crippen LogP contribution in [-0.2, 0) is 4.79 Å². The van der Waals surface area contributed by atoms with E-state index in [2.05, 4.69) is 11.0 Å². The minimum absolute atomic E-state index is 0.0957. The molecule has 0 aromatic heterocycles. The number of nitriles is 1. The van der Waals surface area contributed by atoms with Crippen LogP contribution in [0.15, 0.2) is 18.2 Å². The van der Waals surface area contributed by atoms with Gasteiger partial charge in [-0.05, 0) is 25.5 Å². The Morgan fingerprint density at radius 2 is 2.10 bits per heavy atom. The van der Waals surface area contributed by atoms with Crippen molar-refractivity contribution < 1.29 is 9.90 Å². The summed E-state index contributed by atoms with van der Waals surface area (Å²) in [5, 5.41) is 19.0. The van der Waals surface area contributed by atoms with E-state index in [9.17, 15) is 9.90 Å². The van der Waals surface area contributed by atoms with Gasteiger partial charge in [0.1, 0.15) is 0 Å². The topological polar surface area (TPSA) is 67.6 Å². The first-order valence-electron chi connectivity index (χ1n) is 7.25. The lowest BCUT2D eigenvalue weighted by Gasteiger charge is -2.27.